The van der Waals surface area contributed by atoms with E-state index in [1.165, 1.54) is 4.90 Å². The fourth-order valence-electron chi connectivity index (χ4n) is 2.34. The summed E-state index contributed by atoms with van der Waals surface area (Å²) in [6.45, 7) is 2.32. The third-order valence-electron chi connectivity index (χ3n) is 3.35. The maximum absolute atomic E-state index is 12.7. The summed E-state index contributed by atoms with van der Waals surface area (Å²) >= 11 is 4.33. The van der Waals surface area contributed by atoms with Crippen LogP contribution in [0, 0.1) is 0 Å². The van der Waals surface area contributed by atoms with E-state index in [1.54, 1.807) is 24.3 Å². The molecule has 3 rings (SSSR count). The SMILES string of the molecule is CCOc1ccccc1N1C(=O)S/C(=C\c2cccc(Br)c2)C1=O. The van der Waals surface area contributed by atoms with E-state index < -0.39 is 0 Å². The van der Waals surface area contributed by atoms with Gasteiger partial charge in [-0.05, 0) is 54.6 Å². The van der Waals surface area contributed by atoms with E-state index in [-0.39, 0.29) is 11.1 Å². The second-order valence-electron chi connectivity index (χ2n) is 4.97. The molecule has 1 aliphatic heterocycles. The highest BCUT2D eigenvalue weighted by Gasteiger charge is 2.37. The number of benzene rings is 2. The van der Waals surface area contributed by atoms with Crippen molar-refractivity contribution >= 4 is 50.6 Å². The molecule has 0 spiro atoms. The maximum atomic E-state index is 12.7. The molecule has 2 amide bonds. The molecule has 24 heavy (non-hydrogen) atoms. The highest BCUT2D eigenvalue weighted by molar-refractivity contribution is 9.10. The minimum atomic E-state index is -0.336. The number of halogens is 1. The van der Waals surface area contributed by atoms with Crippen LogP contribution in [0.5, 0.6) is 5.75 Å². The summed E-state index contributed by atoms with van der Waals surface area (Å²) in [6, 6.07) is 14.6. The summed E-state index contributed by atoms with van der Waals surface area (Å²) in [5.74, 6) is 0.183. The largest absolute Gasteiger partial charge is 0.492 e. The van der Waals surface area contributed by atoms with Gasteiger partial charge in [0.05, 0.1) is 17.2 Å². The number of para-hydroxylation sites is 2. The zero-order valence-electron chi connectivity index (χ0n) is 12.9. The summed E-state index contributed by atoms with van der Waals surface area (Å²) in [5, 5.41) is -0.326. The van der Waals surface area contributed by atoms with E-state index in [4.69, 9.17) is 4.74 Å². The predicted octanol–water partition coefficient (Wildman–Crippen LogP) is 5.09. The molecule has 0 aromatic heterocycles. The van der Waals surface area contributed by atoms with Crippen molar-refractivity contribution in [3.63, 3.8) is 0 Å². The summed E-state index contributed by atoms with van der Waals surface area (Å²) in [5.41, 5.74) is 1.33. The molecule has 0 radical (unpaired) electrons. The van der Waals surface area contributed by atoms with Crippen LogP contribution in [0.2, 0.25) is 0 Å². The first-order valence-corrected chi connectivity index (χ1v) is 8.96. The number of carbonyl (C=O) groups is 2. The van der Waals surface area contributed by atoms with Crippen LogP contribution in [0.3, 0.4) is 0 Å². The summed E-state index contributed by atoms with van der Waals surface area (Å²) < 4.78 is 6.45. The standard InChI is InChI=1S/C18H14BrNO3S/c1-2-23-15-9-4-3-8-14(15)20-17(21)16(24-18(20)22)11-12-6-5-7-13(19)10-12/h3-11H,2H2,1H3/b16-11-. The molecule has 1 saturated heterocycles. The first-order valence-electron chi connectivity index (χ1n) is 7.35. The molecule has 1 aliphatic rings. The van der Waals surface area contributed by atoms with Crippen molar-refractivity contribution in [1.29, 1.82) is 0 Å². The fourth-order valence-corrected chi connectivity index (χ4v) is 3.59. The second-order valence-corrected chi connectivity index (χ2v) is 6.88. The number of ether oxygens (including phenoxy) is 1. The summed E-state index contributed by atoms with van der Waals surface area (Å²) in [4.78, 5) is 26.6. The number of carbonyl (C=O) groups excluding carboxylic acids is 2. The van der Waals surface area contributed by atoms with Crippen molar-refractivity contribution in [3.05, 3.63) is 63.5 Å². The van der Waals surface area contributed by atoms with Gasteiger partial charge in [0.25, 0.3) is 11.1 Å². The van der Waals surface area contributed by atoms with Crippen molar-refractivity contribution in [3.8, 4) is 5.75 Å². The van der Waals surface area contributed by atoms with E-state index >= 15 is 0 Å². The predicted molar refractivity (Wildman–Crippen MR) is 100 cm³/mol. The molecule has 0 aliphatic carbocycles. The van der Waals surface area contributed by atoms with Crippen molar-refractivity contribution in [1.82, 2.24) is 0 Å². The Hall–Kier alpha value is -2.05. The Kier molecular flexibility index (Phi) is 5.06. The number of rotatable bonds is 4. The lowest BCUT2D eigenvalue weighted by atomic mass is 10.2. The van der Waals surface area contributed by atoms with Crippen molar-refractivity contribution in [2.75, 3.05) is 11.5 Å². The molecule has 2 aromatic rings. The van der Waals surface area contributed by atoms with Crippen LogP contribution in [0.1, 0.15) is 12.5 Å². The van der Waals surface area contributed by atoms with E-state index in [0.29, 0.717) is 22.9 Å². The molecule has 2 aromatic carbocycles. The average molecular weight is 404 g/mol. The number of imide groups is 1. The first kappa shape index (κ1) is 16.8. The number of thioether (sulfide) groups is 1. The van der Waals surface area contributed by atoms with Crippen LogP contribution < -0.4 is 9.64 Å². The van der Waals surface area contributed by atoms with Gasteiger partial charge in [-0.25, -0.2) is 4.90 Å². The van der Waals surface area contributed by atoms with Gasteiger partial charge in [-0.3, -0.25) is 9.59 Å². The summed E-state index contributed by atoms with van der Waals surface area (Å²) in [7, 11) is 0. The Labute approximate surface area is 152 Å². The van der Waals surface area contributed by atoms with Gasteiger partial charge in [-0.15, -0.1) is 0 Å². The zero-order chi connectivity index (χ0) is 17.1. The van der Waals surface area contributed by atoms with Gasteiger partial charge >= 0.3 is 0 Å². The smallest absolute Gasteiger partial charge is 0.298 e. The number of amides is 2. The molecule has 6 heteroatoms. The third kappa shape index (κ3) is 3.39. The van der Waals surface area contributed by atoms with E-state index in [1.807, 2.05) is 37.3 Å². The molecule has 1 heterocycles. The molecule has 0 bridgehead atoms. The lowest BCUT2D eigenvalue weighted by molar-refractivity contribution is -0.113. The van der Waals surface area contributed by atoms with Crippen LogP contribution >= 0.6 is 27.7 Å². The minimum absolute atomic E-state index is 0.326. The molecular formula is C18H14BrNO3S. The van der Waals surface area contributed by atoms with Gasteiger partial charge in [-0.2, -0.15) is 0 Å². The molecule has 0 unspecified atom stereocenters. The Morgan fingerprint density at radius 3 is 2.71 bits per heavy atom. The molecule has 1 fully saturated rings. The van der Waals surface area contributed by atoms with Crippen LogP contribution in [0.4, 0.5) is 10.5 Å². The van der Waals surface area contributed by atoms with E-state index in [9.17, 15) is 9.59 Å². The molecule has 0 atom stereocenters. The van der Waals surface area contributed by atoms with Crippen LogP contribution in [0.15, 0.2) is 57.9 Å². The normalized spacial score (nSPS) is 16.1. The van der Waals surface area contributed by atoms with Crippen LogP contribution in [0.25, 0.3) is 6.08 Å². The lowest BCUT2D eigenvalue weighted by Crippen LogP contribution is -2.28. The molecule has 122 valence electrons. The highest BCUT2D eigenvalue weighted by atomic mass is 79.9. The summed E-state index contributed by atoms with van der Waals surface area (Å²) in [6.07, 6.45) is 1.72. The fraction of sp³-hybridized carbons (Fsp3) is 0.111. The number of nitrogens with zero attached hydrogens (tertiary/aromatic N) is 1. The minimum Gasteiger partial charge on any atom is -0.492 e. The quantitative estimate of drug-likeness (QED) is 0.667. The Balaban J connectivity index is 1.95. The zero-order valence-corrected chi connectivity index (χ0v) is 15.3. The van der Waals surface area contributed by atoms with Crippen molar-refractivity contribution < 1.29 is 14.3 Å². The number of anilines is 1. The van der Waals surface area contributed by atoms with Gasteiger partial charge in [0.2, 0.25) is 0 Å². The Bertz CT molecular complexity index is 835. The molecule has 4 nitrogen and oxygen atoms in total. The van der Waals surface area contributed by atoms with Gasteiger partial charge < -0.3 is 4.74 Å². The number of hydrogen-bond acceptors (Lipinski definition) is 4. The van der Waals surface area contributed by atoms with Crippen LogP contribution in [-0.2, 0) is 4.79 Å². The maximum Gasteiger partial charge on any atom is 0.298 e. The van der Waals surface area contributed by atoms with Crippen LogP contribution in [-0.4, -0.2) is 17.8 Å². The second kappa shape index (κ2) is 7.23. The van der Waals surface area contributed by atoms with Crippen molar-refractivity contribution in [2.24, 2.45) is 0 Å². The first-order chi connectivity index (χ1) is 11.6. The van der Waals surface area contributed by atoms with Gasteiger partial charge in [-0.1, -0.05) is 40.2 Å². The van der Waals surface area contributed by atoms with E-state index in [0.717, 1.165) is 21.8 Å². The highest BCUT2D eigenvalue weighted by Crippen LogP contribution is 2.39. The third-order valence-corrected chi connectivity index (χ3v) is 4.71. The van der Waals surface area contributed by atoms with Gasteiger partial charge in [0.15, 0.2) is 0 Å². The van der Waals surface area contributed by atoms with Gasteiger partial charge in [0, 0.05) is 4.47 Å². The Morgan fingerprint density at radius 1 is 1.17 bits per heavy atom. The van der Waals surface area contributed by atoms with E-state index in [2.05, 4.69) is 15.9 Å². The van der Waals surface area contributed by atoms with Crippen molar-refractivity contribution in [2.45, 2.75) is 6.92 Å². The average Bonchev–Trinajstić information content (AvgIpc) is 2.82. The molecular weight excluding hydrogens is 390 g/mol. The topological polar surface area (TPSA) is 46.6 Å². The molecule has 0 saturated carbocycles. The number of hydrogen-bond donors (Lipinski definition) is 0. The Morgan fingerprint density at radius 2 is 1.96 bits per heavy atom. The molecule has 0 N–H and O–H groups in total. The van der Waals surface area contributed by atoms with Gasteiger partial charge in [0.1, 0.15) is 5.75 Å². The monoisotopic (exact) mass is 403 g/mol. The lowest BCUT2D eigenvalue weighted by Gasteiger charge is -2.16.